The first kappa shape index (κ1) is 11.1. The third-order valence-corrected chi connectivity index (χ3v) is 2.99. The molecule has 0 bridgehead atoms. The Morgan fingerprint density at radius 3 is 2.42 bits per heavy atom. The summed E-state index contributed by atoms with van der Waals surface area (Å²) in [5.74, 6) is 0. The fourth-order valence-electron chi connectivity index (χ4n) is 2.19. The topological polar surface area (TPSA) is 102 Å². The van der Waals surface area contributed by atoms with Crippen molar-refractivity contribution >= 4 is 33.2 Å². The maximum absolute atomic E-state index is 11.0. The van der Waals surface area contributed by atoms with E-state index >= 15 is 0 Å². The molecule has 1 N–H and O–H groups in total. The molecule has 1 heterocycles. The fraction of sp³-hybridized carbons (Fsp3) is 0. The summed E-state index contributed by atoms with van der Waals surface area (Å²) in [7, 11) is 0. The largest absolute Gasteiger partial charge is 0.354 e. The maximum atomic E-state index is 11.0. The van der Waals surface area contributed by atoms with Gasteiger partial charge in [0.05, 0.1) is 26.3 Å². The summed E-state index contributed by atoms with van der Waals surface area (Å²) in [6.07, 6.45) is 0. The Kier molecular flexibility index (Phi) is 2.21. The summed E-state index contributed by atoms with van der Waals surface area (Å²) in [6, 6.07) is 8.93. The second-order valence-corrected chi connectivity index (χ2v) is 4.07. The van der Waals surface area contributed by atoms with Gasteiger partial charge in [-0.2, -0.15) is 0 Å². The van der Waals surface area contributed by atoms with Gasteiger partial charge in [-0.15, -0.1) is 0 Å². The molecular formula is C12H7N3O4. The number of non-ortho nitro benzene ring substituents is 2. The number of nitrogens with one attached hydrogen (secondary N) is 1. The van der Waals surface area contributed by atoms with E-state index in [9.17, 15) is 20.2 Å². The van der Waals surface area contributed by atoms with Gasteiger partial charge in [0.1, 0.15) is 0 Å². The lowest BCUT2D eigenvalue weighted by Gasteiger charge is -1.94. The first-order valence-corrected chi connectivity index (χ1v) is 5.41. The van der Waals surface area contributed by atoms with Crippen molar-refractivity contribution in [3.8, 4) is 0 Å². The SMILES string of the molecule is O=[N+]([O-])c1ccc2c(c1)[nH]c1cccc([N+](=O)[O-])c12. The quantitative estimate of drug-likeness (QED) is 0.562. The zero-order valence-electron chi connectivity index (χ0n) is 9.49. The number of hydrogen-bond donors (Lipinski definition) is 1. The molecule has 7 heteroatoms. The molecule has 0 aliphatic heterocycles. The van der Waals surface area contributed by atoms with Crippen molar-refractivity contribution in [2.75, 3.05) is 0 Å². The number of nitrogens with zero attached hydrogens (tertiary/aromatic N) is 2. The molecule has 0 saturated heterocycles. The maximum Gasteiger partial charge on any atom is 0.279 e. The van der Waals surface area contributed by atoms with E-state index in [1.165, 1.54) is 24.3 Å². The molecule has 3 rings (SSSR count). The van der Waals surface area contributed by atoms with Crippen LogP contribution >= 0.6 is 0 Å². The van der Waals surface area contributed by atoms with Gasteiger partial charge in [-0.25, -0.2) is 0 Å². The van der Waals surface area contributed by atoms with Gasteiger partial charge in [-0.05, 0) is 12.1 Å². The van der Waals surface area contributed by atoms with Crippen LogP contribution in [0.1, 0.15) is 0 Å². The molecule has 0 aliphatic carbocycles. The number of aromatic nitrogens is 1. The number of aromatic amines is 1. The minimum Gasteiger partial charge on any atom is -0.354 e. The normalized spacial score (nSPS) is 10.9. The van der Waals surface area contributed by atoms with Crippen molar-refractivity contribution in [3.63, 3.8) is 0 Å². The van der Waals surface area contributed by atoms with Crippen molar-refractivity contribution in [1.82, 2.24) is 4.98 Å². The lowest BCUT2D eigenvalue weighted by atomic mass is 10.1. The molecule has 1 aromatic heterocycles. The fourth-order valence-corrected chi connectivity index (χ4v) is 2.19. The lowest BCUT2D eigenvalue weighted by molar-refractivity contribution is -0.384. The van der Waals surface area contributed by atoms with Gasteiger partial charge in [0.15, 0.2) is 0 Å². The van der Waals surface area contributed by atoms with E-state index in [-0.39, 0.29) is 11.4 Å². The minimum absolute atomic E-state index is 0.0161. The Hall–Kier alpha value is -2.96. The Balaban J connectivity index is 2.43. The molecule has 2 aromatic carbocycles. The van der Waals surface area contributed by atoms with Crippen molar-refractivity contribution < 1.29 is 9.85 Å². The second-order valence-electron chi connectivity index (χ2n) is 4.07. The van der Waals surface area contributed by atoms with Crippen LogP contribution in [0.15, 0.2) is 36.4 Å². The van der Waals surface area contributed by atoms with Crippen LogP contribution in [0.25, 0.3) is 21.8 Å². The average Bonchev–Trinajstić information content (AvgIpc) is 2.75. The molecule has 0 spiro atoms. The molecule has 0 saturated carbocycles. The van der Waals surface area contributed by atoms with Crippen LogP contribution in [-0.4, -0.2) is 14.8 Å². The van der Waals surface area contributed by atoms with Crippen LogP contribution in [0.2, 0.25) is 0 Å². The number of H-pyrrole nitrogens is 1. The van der Waals surface area contributed by atoms with E-state index in [4.69, 9.17) is 0 Å². The molecule has 19 heavy (non-hydrogen) atoms. The highest BCUT2D eigenvalue weighted by Crippen LogP contribution is 2.34. The van der Waals surface area contributed by atoms with E-state index < -0.39 is 9.85 Å². The van der Waals surface area contributed by atoms with Crippen molar-refractivity contribution in [2.24, 2.45) is 0 Å². The molecule has 0 atom stereocenters. The smallest absolute Gasteiger partial charge is 0.279 e. The number of fused-ring (bicyclic) bond motifs is 3. The number of rotatable bonds is 2. The van der Waals surface area contributed by atoms with Gasteiger partial charge in [0.2, 0.25) is 0 Å². The highest BCUT2D eigenvalue weighted by Gasteiger charge is 2.17. The van der Waals surface area contributed by atoms with Gasteiger partial charge in [-0.3, -0.25) is 20.2 Å². The second kappa shape index (κ2) is 3.77. The Morgan fingerprint density at radius 2 is 1.74 bits per heavy atom. The van der Waals surface area contributed by atoms with Crippen LogP contribution in [0.4, 0.5) is 11.4 Å². The van der Waals surface area contributed by atoms with Gasteiger partial charge in [0.25, 0.3) is 11.4 Å². The van der Waals surface area contributed by atoms with Gasteiger partial charge in [-0.1, -0.05) is 6.07 Å². The minimum atomic E-state index is -0.501. The van der Waals surface area contributed by atoms with E-state index in [0.717, 1.165) is 0 Å². The first-order valence-electron chi connectivity index (χ1n) is 5.41. The molecule has 0 fully saturated rings. The monoisotopic (exact) mass is 257 g/mol. The molecule has 0 unspecified atom stereocenters. The van der Waals surface area contributed by atoms with Crippen molar-refractivity contribution in [2.45, 2.75) is 0 Å². The summed E-state index contributed by atoms with van der Waals surface area (Å²) in [6.45, 7) is 0. The molecule has 0 aliphatic rings. The Morgan fingerprint density at radius 1 is 0.947 bits per heavy atom. The van der Waals surface area contributed by atoms with Crippen molar-refractivity contribution in [1.29, 1.82) is 0 Å². The highest BCUT2D eigenvalue weighted by atomic mass is 16.6. The zero-order chi connectivity index (χ0) is 13.6. The highest BCUT2D eigenvalue weighted by molar-refractivity contribution is 6.12. The predicted molar refractivity (Wildman–Crippen MR) is 69.1 cm³/mol. The molecule has 3 aromatic rings. The summed E-state index contributed by atoms with van der Waals surface area (Å²) in [5.41, 5.74) is 1.03. The zero-order valence-corrected chi connectivity index (χ0v) is 9.49. The predicted octanol–water partition coefficient (Wildman–Crippen LogP) is 3.14. The van der Waals surface area contributed by atoms with Gasteiger partial charge in [0, 0.05) is 23.6 Å². The molecule has 0 radical (unpaired) electrons. The molecule has 94 valence electrons. The summed E-state index contributed by atoms with van der Waals surface area (Å²) in [5, 5.41) is 22.8. The van der Waals surface area contributed by atoms with Crippen LogP contribution in [0, 0.1) is 20.2 Å². The summed E-state index contributed by atoms with van der Waals surface area (Å²) >= 11 is 0. The number of hydrogen-bond acceptors (Lipinski definition) is 4. The summed E-state index contributed by atoms with van der Waals surface area (Å²) in [4.78, 5) is 23.7. The summed E-state index contributed by atoms with van der Waals surface area (Å²) < 4.78 is 0. The van der Waals surface area contributed by atoms with E-state index in [0.29, 0.717) is 21.8 Å². The van der Waals surface area contributed by atoms with E-state index in [2.05, 4.69) is 4.98 Å². The van der Waals surface area contributed by atoms with Gasteiger partial charge >= 0.3 is 0 Å². The van der Waals surface area contributed by atoms with Crippen LogP contribution in [-0.2, 0) is 0 Å². The number of benzene rings is 2. The Bertz CT molecular complexity index is 837. The van der Waals surface area contributed by atoms with E-state index in [1.54, 1.807) is 12.1 Å². The third-order valence-electron chi connectivity index (χ3n) is 2.99. The number of nitro groups is 2. The Labute approximate surface area is 105 Å². The van der Waals surface area contributed by atoms with Crippen LogP contribution in [0.5, 0.6) is 0 Å². The van der Waals surface area contributed by atoms with Crippen molar-refractivity contribution in [3.05, 3.63) is 56.6 Å². The molecular weight excluding hydrogens is 250 g/mol. The van der Waals surface area contributed by atoms with Crippen LogP contribution < -0.4 is 0 Å². The average molecular weight is 257 g/mol. The number of nitro benzene ring substituents is 2. The third kappa shape index (κ3) is 1.60. The lowest BCUT2D eigenvalue weighted by Crippen LogP contribution is -1.88. The van der Waals surface area contributed by atoms with Gasteiger partial charge < -0.3 is 4.98 Å². The van der Waals surface area contributed by atoms with Crippen LogP contribution in [0.3, 0.4) is 0 Å². The van der Waals surface area contributed by atoms with E-state index in [1.807, 2.05) is 0 Å². The molecule has 0 amide bonds. The molecule has 7 nitrogen and oxygen atoms in total. The standard InChI is InChI=1S/C12H7N3O4/c16-14(17)7-4-5-8-10(6-7)13-9-2-1-3-11(12(8)9)15(18)19/h1-6,13H. The first-order chi connectivity index (χ1) is 9.08.